The van der Waals surface area contributed by atoms with Crippen molar-refractivity contribution in [3.63, 3.8) is 0 Å². The van der Waals surface area contributed by atoms with E-state index in [-0.39, 0.29) is 11.7 Å². The van der Waals surface area contributed by atoms with Crippen LogP contribution >= 0.6 is 0 Å². The number of alkyl halides is 3. The molecule has 8 heteroatoms. The van der Waals surface area contributed by atoms with Gasteiger partial charge in [0.05, 0.1) is 12.7 Å². The Hall–Kier alpha value is -3.68. The first-order valence-corrected chi connectivity index (χ1v) is 9.31. The molecular formula is C23H20F3NO4. The molecule has 0 saturated heterocycles. The predicted molar refractivity (Wildman–Crippen MR) is 110 cm³/mol. The van der Waals surface area contributed by atoms with E-state index in [1.807, 2.05) is 0 Å². The zero-order valence-corrected chi connectivity index (χ0v) is 16.8. The summed E-state index contributed by atoms with van der Waals surface area (Å²) < 4.78 is 54.1. The van der Waals surface area contributed by atoms with Crippen molar-refractivity contribution in [3.8, 4) is 23.0 Å². The van der Waals surface area contributed by atoms with Gasteiger partial charge in [0.25, 0.3) is 5.91 Å². The Morgan fingerprint density at radius 3 is 1.81 bits per heavy atom. The van der Waals surface area contributed by atoms with E-state index in [1.54, 1.807) is 62.6 Å². The number of rotatable bonds is 7. The molecule has 0 spiro atoms. The van der Waals surface area contributed by atoms with E-state index in [9.17, 15) is 18.0 Å². The number of hydrogen-bond donors (Lipinski definition) is 1. The van der Waals surface area contributed by atoms with Gasteiger partial charge in [-0.2, -0.15) is 13.2 Å². The second-order valence-electron chi connectivity index (χ2n) is 6.57. The fourth-order valence-corrected chi connectivity index (χ4v) is 2.61. The molecule has 0 fully saturated rings. The Kier molecular flexibility index (Phi) is 6.69. The van der Waals surface area contributed by atoms with Gasteiger partial charge in [-0.25, -0.2) is 0 Å². The topological polar surface area (TPSA) is 56.8 Å². The normalized spacial score (nSPS) is 12.0. The van der Waals surface area contributed by atoms with Gasteiger partial charge in [0.15, 0.2) is 6.10 Å². The van der Waals surface area contributed by atoms with Gasteiger partial charge in [0.1, 0.15) is 23.0 Å². The highest BCUT2D eigenvalue weighted by atomic mass is 19.4. The lowest BCUT2D eigenvalue weighted by Crippen LogP contribution is -2.30. The summed E-state index contributed by atoms with van der Waals surface area (Å²) in [7, 11) is 1.56. The molecule has 0 heterocycles. The molecule has 0 bridgehead atoms. The maximum atomic E-state index is 12.6. The van der Waals surface area contributed by atoms with Crippen LogP contribution in [0.1, 0.15) is 12.5 Å². The largest absolute Gasteiger partial charge is 0.497 e. The van der Waals surface area contributed by atoms with Gasteiger partial charge >= 0.3 is 6.18 Å². The Bertz CT molecular complexity index is 1000. The molecule has 1 atom stereocenters. The summed E-state index contributed by atoms with van der Waals surface area (Å²) in [5, 5.41) is 2.75. The molecule has 1 amide bonds. The van der Waals surface area contributed by atoms with Crippen molar-refractivity contribution in [1.82, 2.24) is 0 Å². The third-order valence-electron chi connectivity index (χ3n) is 4.28. The first-order chi connectivity index (χ1) is 14.7. The maximum absolute atomic E-state index is 12.6. The summed E-state index contributed by atoms with van der Waals surface area (Å²) in [6.45, 7) is 1.62. The lowest BCUT2D eigenvalue weighted by molar-refractivity contribution is -0.137. The van der Waals surface area contributed by atoms with Crippen molar-refractivity contribution >= 4 is 11.6 Å². The lowest BCUT2D eigenvalue weighted by Gasteiger charge is -2.15. The van der Waals surface area contributed by atoms with Crippen molar-refractivity contribution in [2.75, 3.05) is 12.4 Å². The zero-order valence-electron chi connectivity index (χ0n) is 16.8. The smallest absolute Gasteiger partial charge is 0.416 e. The zero-order chi connectivity index (χ0) is 22.4. The first kappa shape index (κ1) is 22.0. The third kappa shape index (κ3) is 6.15. The maximum Gasteiger partial charge on any atom is 0.416 e. The number of nitrogens with one attached hydrogen (secondary N) is 1. The van der Waals surface area contributed by atoms with Crippen LogP contribution in [0.4, 0.5) is 18.9 Å². The average Bonchev–Trinajstić information content (AvgIpc) is 2.75. The summed E-state index contributed by atoms with van der Waals surface area (Å²) in [5.74, 6) is 1.49. The minimum absolute atomic E-state index is 0.272. The SMILES string of the molecule is COc1ccc(NC(=O)[C@@H](C)Oc2ccc(Oc3ccc(C(F)(F)F)cc3)cc2)cc1. The van der Waals surface area contributed by atoms with Crippen LogP contribution in [-0.2, 0) is 11.0 Å². The molecule has 3 aromatic rings. The van der Waals surface area contributed by atoms with E-state index >= 15 is 0 Å². The van der Waals surface area contributed by atoms with Gasteiger partial charge in [-0.1, -0.05) is 0 Å². The van der Waals surface area contributed by atoms with Crippen LogP contribution in [0.2, 0.25) is 0 Å². The van der Waals surface area contributed by atoms with Crippen LogP contribution in [0.3, 0.4) is 0 Å². The van der Waals surface area contributed by atoms with Gasteiger partial charge in [-0.15, -0.1) is 0 Å². The quantitative estimate of drug-likeness (QED) is 0.505. The van der Waals surface area contributed by atoms with E-state index in [4.69, 9.17) is 14.2 Å². The fourth-order valence-electron chi connectivity index (χ4n) is 2.61. The molecule has 0 aliphatic carbocycles. The molecule has 5 nitrogen and oxygen atoms in total. The van der Waals surface area contributed by atoms with Crippen LogP contribution in [-0.4, -0.2) is 19.1 Å². The highest BCUT2D eigenvalue weighted by Gasteiger charge is 2.30. The molecule has 162 valence electrons. The Balaban J connectivity index is 1.55. The number of benzene rings is 3. The van der Waals surface area contributed by atoms with Gasteiger partial charge in [-0.3, -0.25) is 4.79 Å². The van der Waals surface area contributed by atoms with Crippen molar-refractivity contribution < 1.29 is 32.2 Å². The Labute approximate surface area is 177 Å². The molecule has 0 aliphatic heterocycles. The second-order valence-corrected chi connectivity index (χ2v) is 6.57. The van der Waals surface area contributed by atoms with E-state index in [0.717, 1.165) is 12.1 Å². The molecule has 0 saturated carbocycles. The monoisotopic (exact) mass is 431 g/mol. The highest BCUT2D eigenvalue weighted by Crippen LogP contribution is 2.31. The number of amides is 1. The van der Waals surface area contributed by atoms with Crippen molar-refractivity contribution in [1.29, 1.82) is 0 Å². The molecule has 31 heavy (non-hydrogen) atoms. The van der Waals surface area contributed by atoms with Crippen molar-refractivity contribution in [2.24, 2.45) is 0 Å². The number of hydrogen-bond acceptors (Lipinski definition) is 4. The molecule has 0 radical (unpaired) electrons. The lowest BCUT2D eigenvalue weighted by atomic mass is 10.2. The number of methoxy groups -OCH3 is 1. The van der Waals surface area contributed by atoms with Gasteiger partial charge in [-0.05, 0) is 79.7 Å². The average molecular weight is 431 g/mol. The number of halogens is 3. The van der Waals surface area contributed by atoms with E-state index in [0.29, 0.717) is 22.9 Å². The minimum atomic E-state index is -4.39. The van der Waals surface area contributed by atoms with E-state index < -0.39 is 17.8 Å². The first-order valence-electron chi connectivity index (χ1n) is 9.31. The minimum Gasteiger partial charge on any atom is -0.497 e. The van der Waals surface area contributed by atoms with E-state index in [2.05, 4.69) is 5.32 Å². The summed E-state index contributed by atoms with van der Waals surface area (Å²) >= 11 is 0. The Morgan fingerprint density at radius 1 is 0.806 bits per heavy atom. The van der Waals surface area contributed by atoms with Crippen molar-refractivity contribution in [2.45, 2.75) is 19.2 Å². The standard InChI is InChI=1S/C23H20F3NO4/c1-15(22(28)27-17-5-9-18(29-2)10-6-17)30-19-11-13-21(14-12-19)31-20-7-3-16(4-8-20)23(24,25)26/h3-15H,1-2H3,(H,27,28)/t15-/m1/s1. The molecule has 0 unspecified atom stereocenters. The summed E-state index contributed by atoms with van der Waals surface area (Å²) in [4.78, 5) is 12.3. The molecule has 3 rings (SSSR count). The Morgan fingerprint density at radius 2 is 1.29 bits per heavy atom. The highest BCUT2D eigenvalue weighted by molar-refractivity contribution is 5.94. The summed E-state index contributed by atoms with van der Waals surface area (Å²) in [6, 6.07) is 17.7. The van der Waals surface area contributed by atoms with Crippen LogP contribution in [0.5, 0.6) is 23.0 Å². The predicted octanol–water partition coefficient (Wildman–Crippen LogP) is 5.91. The van der Waals surface area contributed by atoms with Crippen LogP contribution in [0, 0.1) is 0 Å². The molecule has 0 aromatic heterocycles. The van der Waals surface area contributed by atoms with Gasteiger partial charge in [0.2, 0.25) is 0 Å². The fraction of sp³-hybridized carbons (Fsp3) is 0.174. The van der Waals surface area contributed by atoms with Crippen molar-refractivity contribution in [3.05, 3.63) is 78.4 Å². The van der Waals surface area contributed by atoms with Crippen LogP contribution < -0.4 is 19.5 Å². The van der Waals surface area contributed by atoms with E-state index in [1.165, 1.54) is 12.1 Å². The number of anilines is 1. The molecule has 0 aliphatic rings. The summed E-state index contributed by atoms with van der Waals surface area (Å²) in [6.07, 6.45) is -5.16. The van der Waals surface area contributed by atoms with Gasteiger partial charge in [0, 0.05) is 5.69 Å². The molecule has 1 N–H and O–H groups in total. The van der Waals surface area contributed by atoms with Gasteiger partial charge < -0.3 is 19.5 Å². The number of carbonyl (C=O) groups excluding carboxylic acids is 1. The van der Waals surface area contributed by atoms with Crippen LogP contribution in [0.15, 0.2) is 72.8 Å². The summed E-state index contributed by atoms with van der Waals surface area (Å²) in [5.41, 5.74) is -0.132. The third-order valence-corrected chi connectivity index (χ3v) is 4.28. The number of ether oxygens (including phenoxy) is 3. The molecular weight excluding hydrogens is 411 g/mol. The van der Waals surface area contributed by atoms with Crippen LogP contribution in [0.25, 0.3) is 0 Å². The second kappa shape index (κ2) is 9.42. The molecule has 3 aromatic carbocycles. The number of carbonyl (C=O) groups is 1.